The zero-order chi connectivity index (χ0) is 13.9. The maximum atomic E-state index is 12.3. The van der Waals surface area contributed by atoms with Crippen molar-refractivity contribution < 1.29 is 4.79 Å². The summed E-state index contributed by atoms with van der Waals surface area (Å²) in [5.74, 6) is 0.365. The summed E-state index contributed by atoms with van der Waals surface area (Å²) < 4.78 is 0. The fourth-order valence-corrected chi connectivity index (χ4v) is 3.72. The first-order chi connectivity index (χ1) is 9.79. The fraction of sp³-hybridized carbons (Fsp3) is 0.588. The Morgan fingerprint density at radius 1 is 1.25 bits per heavy atom. The van der Waals surface area contributed by atoms with Gasteiger partial charge in [-0.15, -0.1) is 0 Å². The Hall–Kier alpha value is -1.35. The number of hydrogen-bond donors (Lipinski definition) is 1. The molecule has 0 radical (unpaired) electrons. The minimum Gasteiger partial charge on any atom is -0.336 e. The smallest absolute Gasteiger partial charge is 0.223 e. The summed E-state index contributed by atoms with van der Waals surface area (Å²) in [4.78, 5) is 14.5. The molecular formula is C17H24N2O. The van der Waals surface area contributed by atoms with E-state index >= 15 is 0 Å². The second-order valence-corrected chi connectivity index (χ2v) is 5.97. The molecule has 3 heteroatoms. The topological polar surface area (TPSA) is 32.3 Å². The van der Waals surface area contributed by atoms with Crippen molar-refractivity contribution in [2.45, 2.75) is 51.1 Å². The van der Waals surface area contributed by atoms with Gasteiger partial charge in [-0.1, -0.05) is 31.2 Å². The number of nitrogens with one attached hydrogen (secondary N) is 1. The van der Waals surface area contributed by atoms with Crippen molar-refractivity contribution in [3.05, 3.63) is 35.4 Å². The molecule has 1 fully saturated rings. The molecule has 1 aliphatic heterocycles. The van der Waals surface area contributed by atoms with E-state index in [1.165, 1.54) is 11.1 Å². The number of likely N-dealkylation sites (tertiary alicyclic amines) is 1. The van der Waals surface area contributed by atoms with Gasteiger partial charge >= 0.3 is 0 Å². The van der Waals surface area contributed by atoms with Gasteiger partial charge in [0, 0.05) is 18.5 Å². The number of benzene rings is 1. The van der Waals surface area contributed by atoms with E-state index in [9.17, 15) is 4.79 Å². The van der Waals surface area contributed by atoms with Crippen molar-refractivity contribution >= 4 is 5.91 Å². The van der Waals surface area contributed by atoms with Gasteiger partial charge in [-0.2, -0.15) is 0 Å². The fourth-order valence-electron chi connectivity index (χ4n) is 3.72. The molecular weight excluding hydrogens is 248 g/mol. The van der Waals surface area contributed by atoms with Gasteiger partial charge in [0.15, 0.2) is 0 Å². The van der Waals surface area contributed by atoms with Gasteiger partial charge in [0.2, 0.25) is 5.91 Å². The summed E-state index contributed by atoms with van der Waals surface area (Å²) in [6.45, 7) is 4.16. The Balaban J connectivity index is 1.67. The first kappa shape index (κ1) is 13.6. The van der Waals surface area contributed by atoms with E-state index in [1.54, 1.807) is 0 Å². The maximum Gasteiger partial charge on any atom is 0.223 e. The van der Waals surface area contributed by atoms with Crippen LogP contribution in [0.1, 0.15) is 37.3 Å². The number of nitrogens with zero attached hydrogens (tertiary/aromatic N) is 1. The van der Waals surface area contributed by atoms with E-state index in [1.807, 2.05) is 0 Å². The summed E-state index contributed by atoms with van der Waals surface area (Å²) in [5.41, 5.74) is 2.87. The van der Waals surface area contributed by atoms with Gasteiger partial charge in [0.1, 0.15) is 0 Å². The SMILES string of the molecule is CCNCC[C@@H]1CCC(=O)N1C1Cc2ccccc2C1. The first-order valence-electron chi connectivity index (χ1n) is 7.88. The molecule has 2 aliphatic rings. The van der Waals surface area contributed by atoms with Crippen LogP contribution < -0.4 is 5.32 Å². The summed E-state index contributed by atoms with van der Waals surface area (Å²) in [6.07, 6.45) is 4.95. The number of carbonyl (C=O) groups excluding carboxylic acids is 1. The molecule has 0 unspecified atom stereocenters. The minimum atomic E-state index is 0.365. The van der Waals surface area contributed by atoms with Crippen LogP contribution >= 0.6 is 0 Å². The highest BCUT2D eigenvalue weighted by Gasteiger charge is 2.38. The molecule has 3 rings (SSSR count). The lowest BCUT2D eigenvalue weighted by Gasteiger charge is -2.31. The quantitative estimate of drug-likeness (QED) is 0.833. The van der Waals surface area contributed by atoms with Crippen LogP contribution in [-0.4, -0.2) is 36.0 Å². The van der Waals surface area contributed by atoms with Crippen LogP contribution in [-0.2, 0) is 17.6 Å². The Bertz CT molecular complexity index is 461. The van der Waals surface area contributed by atoms with Gasteiger partial charge in [-0.25, -0.2) is 0 Å². The first-order valence-corrected chi connectivity index (χ1v) is 7.88. The monoisotopic (exact) mass is 272 g/mol. The normalized spacial score (nSPS) is 22.6. The highest BCUT2D eigenvalue weighted by Crippen LogP contribution is 2.32. The molecule has 0 saturated carbocycles. The van der Waals surface area contributed by atoms with Crippen molar-refractivity contribution in [3.63, 3.8) is 0 Å². The molecule has 1 heterocycles. The van der Waals surface area contributed by atoms with Crippen LogP contribution in [0.4, 0.5) is 0 Å². The van der Waals surface area contributed by atoms with E-state index in [2.05, 4.69) is 41.4 Å². The molecule has 1 saturated heterocycles. The second kappa shape index (κ2) is 5.96. The largest absolute Gasteiger partial charge is 0.336 e. The van der Waals surface area contributed by atoms with Gasteiger partial charge in [0.05, 0.1) is 0 Å². The second-order valence-electron chi connectivity index (χ2n) is 5.97. The maximum absolute atomic E-state index is 12.3. The summed E-state index contributed by atoms with van der Waals surface area (Å²) >= 11 is 0. The zero-order valence-corrected chi connectivity index (χ0v) is 12.3. The van der Waals surface area contributed by atoms with Crippen molar-refractivity contribution in [2.24, 2.45) is 0 Å². The van der Waals surface area contributed by atoms with Crippen molar-refractivity contribution in [2.75, 3.05) is 13.1 Å². The number of carbonyl (C=O) groups is 1. The molecule has 3 nitrogen and oxygen atoms in total. The van der Waals surface area contributed by atoms with Gasteiger partial charge in [-0.05, 0) is 49.9 Å². The molecule has 108 valence electrons. The van der Waals surface area contributed by atoms with Crippen molar-refractivity contribution in [1.29, 1.82) is 0 Å². The van der Waals surface area contributed by atoms with E-state index in [0.717, 1.165) is 45.2 Å². The van der Waals surface area contributed by atoms with E-state index in [4.69, 9.17) is 0 Å². The predicted octanol–water partition coefficient (Wildman–Crippen LogP) is 2.14. The van der Waals surface area contributed by atoms with Gasteiger partial charge in [0.25, 0.3) is 0 Å². The molecule has 1 N–H and O–H groups in total. The van der Waals surface area contributed by atoms with Crippen LogP contribution in [0.3, 0.4) is 0 Å². The van der Waals surface area contributed by atoms with Gasteiger partial charge in [-0.3, -0.25) is 4.79 Å². The third-order valence-electron chi connectivity index (χ3n) is 4.70. The molecule has 0 aromatic heterocycles. The highest BCUT2D eigenvalue weighted by molar-refractivity contribution is 5.79. The zero-order valence-electron chi connectivity index (χ0n) is 12.3. The number of rotatable bonds is 5. The number of fused-ring (bicyclic) bond motifs is 1. The third-order valence-corrected chi connectivity index (χ3v) is 4.70. The average molecular weight is 272 g/mol. The minimum absolute atomic E-state index is 0.365. The molecule has 1 atom stereocenters. The summed E-state index contributed by atoms with van der Waals surface area (Å²) in [7, 11) is 0. The molecule has 0 spiro atoms. The van der Waals surface area contributed by atoms with E-state index in [0.29, 0.717) is 18.0 Å². The Morgan fingerprint density at radius 3 is 2.60 bits per heavy atom. The lowest BCUT2D eigenvalue weighted by molar-refractivity contribution is -0.131. The van der Waals surface area contributed by atoms with E-state index in [-0.39, 0.29) is 0 Å². The molecule has 1 aromatic carbocycles. The molecule has 1 amide bonds. The molecule has 1 aromatic rings. The standard InChI is InChI=1S/C17H24N2O/c1-2-18-10-9-15-7-8-17(20)19(15)16-11-13-5-3-4-6-14(13)12-16/h3-6,15-16,18H,2,7-12H2,1H3/t15-/m0/s1. The van der Waals surface area contributed by atoms with Crippen molar-refractivity contribution in [3.8, 4) is 0 Å². The van der Waals surface area contributed by atoms with Crippen LogP contribution in [0, 0.1) is 0 Å². The van der Waals surface area contributed by atoms with E-state index < -0.39 is 0 Å². The van der Waals surface area contributed by atoms with Crippen LogP contribution in [0.2, 0.25) is 0 Å². The Kier molecular flexibility index (Phi) is 4.06. The van der Waals surface area contributed by atoms with Crippen LogP contribution in [0.25, 0.3) is 0 Å². The Labute approximate surface area is 121 Å². The third kappa shape index (κ3) is 2.59. The predicted molar refractivity (Wildman–Crippen MR) is 80.7 cm³/mol. The lowest BCUT2D eigenvalue weighted by Crippen LogP contribution is -2.43. The molecule has 0 bridgehead atoms. The molecule has 20 heavy (non-hydrogen) atoms. The summed E-state index contributed by atoms with van der Waals surface area (Å²) in [6, 6.07) is 9.48. The Morgan fingerprint density at radius 2 is 1.95 bits per heavy atom. The average Bonchev–Trinajstić information content (AvgIpc) is 3.02. The number of amides is 1. The molecule has 1 aliphatic carbocycles. The van der Waals surface area contributed by atoms with Crippen LogP contribution in [0.15, 0.2) is 24.3 Å². The van der Waals surface area contributed by atoms with Crippen LogP contribution in [0.5, 0.6) is 0 Å². The van der Waals surface area contributed by atoms with Gasteiger partial charge < -0.3 is 10.2 Å². The summed E-state index contributed by atoms with van der Waals surface area (Å²) in [5, 5.41) is 3.38. The number of hydrogen-bond acceptors (Lipinski definition) is 2. The highest BCUT2D eigenvalue weighted by atomic mass is 16.2. The van der Waals surface area contributed by atoms with Crippen molar-refractivity contribution in [1.82, 2.24) is 10.2 Å². The lowest BCUT2D eigenvalue weighted by atomic mass is 10.1.